The van der Waals surface area contributed by atoms with Crippen LogP contribution in [0.15, 0.2) is 0 Å². The van der Waals surface area contributed by atoms with E-state index in [-0.39, 0.29) is 6.10 Å². The number of nitrogens with one attached hydrogen (secondary N) is 1. The summed E-state index contributed by atoms with van der Waals surface area (Å²) >= 11 is 0. The Kier molecular flexibility index (Phi) is 10.5. The summed E-state index contributed by atoms with van der Waals surface area (Å²) in [5, 5.41) is 3.27. The third-order valence-electron chi connectivity index (χ3n) is 2.59. The number of likely N-dealkylation sites (N-methyl/N-ethyl adjacent to an activating group) is 1. The Balaban J connectivity index is 0.000000288. The van der Waals surface area contributed by atoms with E-state index in [1.165, 1.54) is 13.1 Å². The molecule has 1 heterocycles. The summed E-state index contributed by atoms with van der Waals surface area (Å²) in [5.74, 6) is 0. The van der Waals surface area contributed by atoms with E-state index < -0.39 is 0 Å². The maximum Gasteiger partial charge on any atom is 0.293 e. The van der Waals surface area contributed by atoms with Gasteiger partial charge < -0.3 is 15.0 Å². The molecular weight excluding hydrogens is 204 g/mol. The van der Waals surface area contributed by atoms with Gasteiger partial charge in [0.05, 0.1) is 6.10 Å². The van der Waals surface area contributed by atoms with Crippen LogP contribution in [0.1, 0.15) is 33.1 Å². The van der Waals surface area contributed by atoms with Crippen molar-refractivity contribution in [2.45, 2.75) is 39.2 Å². The van der Waals surface area contributed by atoms with Crippen LogP contribution < -0.4 is 5.32 Å². The summed E-state index contributed by atoms with van der Waals surface area (Å²) in [6.45, 7) is 9.28. The van der Waals surface area contributed by atoms with Gasteiger partial charge in [0.15, 0.2) is 0 Å². The topological polar surface area (TPSA) is 41.6 Å². The Morgan fingerprint density at radius 1 is 1.44 bits per heavy atom. The smallest absolute Gasteiger partial charge is 0.293 e. The first-order chi connectivity index (χ1) is 7.70. The molecule has 0 aromatic heterocycles. The van der Waals surface area contributed by atoms with Crippen LogP contribution in [-0.4, -0.2) is 50.7 Å². The summed E-state index contributed by atoms with van der Waals surface area (Å²) in [5.41, 5.74) is 0. The van der Waals surface area contributed by atoms with Gasteiger partial charge in [-0.05, 0) is 20.4 Å². The second kappa shape index (κ2) is 10.9. The normalized spacial score (nSPS) is 18.2. The lowest BCUT2D eigenvalue weighted by atomic mass is 10.2. The maximum atomic E-state index is 9.76. The lowest BCUT2D eigenvalue weighted by Gasteiger charge is -2.21. The number of hydrogen-bond acceptors (Lipinski definition) is 4. The van der Waals surface area contributed by atoms with Crippen molar-refractivity contribution in [2.24, 2.45) is 0 Å². The third-order valence-corrected chi connectivity index (χ3v) is 2.59. The van der Waals surface area contributed by atoms with Crippen LogP contribution in [0.4, 0.5) is 0 Å². The zero-order valence-corrected chi connectivity index (χ0v) is 10.9. The van der Waals surface area contributed by atoms with Crippen molar-refractivity contribution in [3.63, 3.8) is 0 Å². The molecule has 0 aliphatic carbocycles. The summed E-state index contributed by atoms with van der Waals surface area (Å²) in [6, 6.07) is 0. The minimum absolute atomic E-state index is 0.0995. The quantitative estimate of drug-likeness (QED) is 0.722. The van der Waals surface area contributed by atoms with E-state index in [2.05, 4.69) is 28.9 Å². The maximum absolute atomic E-state index is 9.76. The predicted molar refractivity (Wildman–Crippen MR) is 66.5 cm³/mol. The summed E-state index contributed by atoms with van der Waals surface area (Å²) in [4.78, 5) is 12.1. The molecule has 4 nitrogen and oxygen atoms in total. The van der Waals surface area contributed by atoms with Crippen molar-refractivity contribution in [2.75, 3.05) is 33.2 Å². The molecule has 0 saturated carbocycles. The summed E-state index contributed by atoms with van der Waals surface area (Å²) in [7, 11) is 2.15. The van der Waals surface area contributed by atoms with E-state index in [4.69, 9.17) is 0 Å². The summed E-state index contributed by atoms with van der Waals surface area (Å²) < 4.78 is 4.66. The van der Waals surface area contributed by atoms with Gasteiger partial charge in [0.25, 0.3) is 6.47 Å². The fourth-order valence-electron chi connectivity index (χ4n) is 1.43. The molecule has 1 unspecified atom stereocenters. The van der Waals surface area contributed by atoms with Crippen molar-refractivity contribution >= 4 is 6.47 Å². The fraction of sp³-hybridized carbons (Fsp3) is 0.917. The molecule has 16 heavy (non-hydrogen) atoms. The Labute approximate surface area is 99.3 Å². The van der Waals surface area contributed by atoms with Gasteiger partial charge in [-0.2, -0.15) is 0 Å². The highest BCUT2D eigenvalue weighted by Gasteiger charge is 2.01. The predicted octanol–water partition coefficient (Wildman–Crippen LogP) is 1.26. The van der Waals surface area contributed by atoms with Crippen molar-refractivity contribution in [3.05, 3.63) is 0 Å². The van der Waals surface area contributed by atoms with Crippen molar-refractivity contribution in [1.29, 1.82) is 0 Å². The minimum atomic E-state index is 0.0995. The first kappa shape index (κ1) is 15.4. The lowest BCUT2D eigenvalue weighted by molar-refractivity contribution is -0.133. The standard InChI is InChI=1S/C7H14O2.C5H12N2/c1-3-4-5-7(2)9-6-8;1-7-4-2-6-3-5-7/h6-7H,3-5H2,1-2H3;6H,2-5H2,1H3. The van der Waals surface area contributed by atoms with E-state index in [0.29, 0.717) is 6.47 Å². The van der Waals surface area contributed by atoms with Crippen molar-refractivity contribution in [1.82, 2.24) is 10.2 Å². The Hall–Kier alpha value is -0.610. The highest BCUT2D eigenvalue weighted by molar-refractivity contribution is 5.37. The van der Waals surface area contributed by atoms with Crippen LogP contribution >= 0.6 is 0 Å². The second-order valence-corrected chi connectivity index (χ2v) is 4.24. The zero-order chi connectivity index (χ0) is 12.2. The van der Waals surface area contributed by atoms with Gasteiger partial charge in [-0.15, -0.1) is 0 Å². The number of piperazine rings is 1. The SMILES string of the molecule is CCCCC(C)OC=O.CN1CCNCC1. The van der Waals surface area contributed by atoms with Crippen LogP contribution in [0, 0.1) is 0 Å². The van der Waals surface area contributed by atoms with Gasteiger partial charge in [0.2, 0.25) is 0 Å². The van der Waals surface area contributed by atoms with Crippen molar-refractivity contribution in [3.8, 4) is 0 Å². The first-order valence-corrected chi connectivity index (χ1v) is 6.19. The molecule has 0 aromatic rings. The number of nitrogens with zero attached hydrogens (tertiary/aromatic N) is 1. The van der Waals surface area contributed by atoms with Gasteiger partial charge in [-0.3, -0.25) is 4.79 Å². The molecule has 0 bridgehead atoms. The zero-order valence-electron chi connectivity index (χ0n) is 10.9. The molecule has 1 saturated heterocycles. The third kappa shape index (κ3) is 9.93. The molecule has 96 valence electrons. The van der Waals surface area contributed by atoms with Crippen LogP contribution in [0.3, 0.4) is 0 Å². The number of carbonyl (C=O) groups is 1. The van der Waals surface area contributed by atoms with Crippen LogP contribution in [0.2, 0.25) is 0 Å². The van der Waals surface area contributed by atoms with Crippen LogP contribution in [0.25, 0.3) is 0 Å². The number of unbranched alkanes of at least 4 members (excludes halogenated alkanes) is 1. The average molecular weight is 230 g/mol. The highest BCUT2D eigenvalue weighted by Crippen LogP contribution is 2.01. The highest BCUT2D eigenvalue weighted by atomic mass is 16.5. The van der Waals surface area contributed by atoms with Gasteiger partial charge >= 0.3 is 0 Å². The molecule has 1 fully saturated rings. The molecular formula is C12H26N2O2. The Morgan fingerprint density at radius 3 is 2.44 bits per heavy atom. The van der Waals surface area contributed by atoms with Gasteiger partial charge in [0.1, 0.15) is 0 Å². The van der Waals surface area contributed by atoms with E-state index in [9.17, 15) is 4.79 Å². The van der Waals surface area contributed by atoms with Gasteiger partial charge in [-0.1, -0.05) is 19.8 Å². The fourth-order valence-corrected chi connectivity index (χ4v) is 1.43. The van der Waals surface area contributed by atoms with Gasteiger partial charge in [-0.25, -0.2) is 0 Å². The van der Waals surface area contributed by atoms with Crippen LogP contribution in [0.5, 0.6) is 0 Å². The molecule has 1 atom stereocenters. The van der Waals surface area contributed by atoms with E-state index in [1.807, 2.05) is 6.92 Å². The lowest BCUT2D eigenvalue weighted by Crippen LogP contribution is -2.40. The first-order valence-electron chi connectivity index (χ1n) is 6.19. The van der Waals surface area contributed by atoms with Crippen molar-refractivity contribution < 1.29 is 9.53 Å². The molecule has 1 aliphatic rings. The largest absolute Gasteiger partial charge is 0.465 e. The molecule has 0 amide bonds. The van der Waals surface area contributed by atoms with E-state index in [0.717, 1.165) is 32.4 Å². The summed E-state index contributed by atoms with van der Waals surface area (Å²) in [6.07, 6.45) is 3.37. The molecule has 0 spiro atoms. The minimum Gasteiger partial charge on any atom is -0.465 e. The average Bonchev–Trinajstić information content (AvgIpc) is 2.29. The van der Waals surface area contributed by atoms with E-state index >= 15 is 0 Å². The molecule has 0 aromatic carbocycles. The van der Waals surface area contributed by atoms with E-state index in [1.54, 1.807) is 0 Å². The number of ether oxygens (including phenoxy) is 1. The Morgan fingerprint density at radius 2 is 2.06 bits per heavy atom. The van der Waals surface area contributed by atoms with Gasteiger partial charge in [0, 0.05) is 26.2 Å². The molecule has 4 heteroatoms. The molecule has 1 rings (SSSR count). The molecule has 0 radical (unpaired) electrons. The Bertz CT molecular complexity index is 159. The number of hydrogen-bond donors (Lipinski definition) is 1. The monoisotopic (exact) mass is 230 g/mol. The second-order valence-electron chi connectivity index (χ2n) is 4.24. The van der Waals surface area contributed by atoms with Crippen LogP contribution in [-0.2, 0) is 9.53 Å². The number of carbonyl (C=O) groups excluding carboxylic acids is 1. The molecule has 1 aliphatic heterocycles. The number of rotatable bonds is 5. The molecule has 1 N–H and O–H groups in total.